The summed E-state index contributed by atoms with van der Waals surface area (Å²) in [5.74, 6) is -1.87. The molecule has 1 aromatic carbocycles. The second-order valence-corrected chi connectivity index (χ2v) is 6.98. The minimum absolute atomic E-state index is 0.0216. The number of hydrogen-bond donors (Lipinski definition) is 5. The van der Waals surface area contributed by atoms with Gasteiger partial charge in [0.1, 0.15) is 0 Å². The molecule has 0 fully saturated rings. The molecule has 0 saturated heterocycles. The monoisotopic (exact) mass is 469 g/mol. The molecule has 1 unspecified atom stereocenters. The van der Waals surface area contributed by atoms with Crippen LogP contribution >= 0.6 is 0 Å². The van der Waals surface area contributed by atoms with Gasteiger partial charge in [0.05, 0.1) is 24.5 Å². The van der Waals surface area contributed by atoms with Crippen LogP contribution in [-0.4, -0.2) is 48.7 Å². The molecule has 180 valence electrons. The van der Waals surface area contributed by atoms with Crippen LogP contribution in [0.2, 0.25) is 0 Å². The number of nitrogen functional groups attached to an aromatic ring is 1. The Bertz CT molecular complexity index is 1220. The number of aliphatic carboxylic acids is 1. The first kappa shape index (κ1) is 25.9. The first-order valence-electron chi connectivity index (χ1n) is 10.6. The normalized spacial score (nSPS) is 11.1. The number of hydrogen-bond acceptors (Lipinski definition) is 9. The van der Waals surface area contributed by atoms with Crippen molar-refractivity contribution in [1.82, 2.24) is 25.3 Å². The Hall–Kier alpha value is -4.35. The third kappa shape index (κ3) is 7.08. The molecule has 2 aromatic heterocycles. The van der Waals surface area contributed by atoms with Crippen LogP contribution in [0.15, 0.2) is 35.3 Å². The first-order valence-corrected chi connectivity index (χ1v) is 10.6. The van der Waals surface area contributed by atoms with Gasteiger partial charge in [0, 0.05) is 17.7 Å². The van der Waals surface area contributed by atoms with Crippen molar-refractivity contribution in [2.75, 3.05) is 11.1 Å². The fourth-order valence-corrected chi connectivity index (χ4v) is 2.87. The summed E-state index contributed by atoms with van der Waals surface area (Å²) in [7, 11) is 0. The number of aromatic amines is 1. The molecule has 6 N–H and O–H groups in total. The smallest absolute Gasteiger partial charge is 0.303 e. The molecule has 12 heteroatoms. The Morgan fingerprint density at radius 1 is 1.15 bits per heavy atom. The molecule has 34 heavy (non-hydrogen) atoms. The summed E-state index contributed by atoms with van der Waals surface area (Å²) < 4.78 is 0. The topological polar surface area (TPSA) is 193 Å². The number of nitrogens with two attached hydrogens (primary N) is 1. The second kappa shape index (κ2) is 12.0. The van der Waals surface area contributed by atoms with Crippen LogP contribution in [0, 0.1) is 0 Å². The van der Waals surface area contributed by atoms with Crippen LogP contribution in [0.3, 0.4) is 0 Å². The maximum absolute atomic E-state index is 12.4. The minimum Gasteiger partial charge on any atom is -0.481 e. The highest BCUT2D eigenvalue weighted by Gasteiger charge is 2.19. The van der Waals surface area contributed by atoms with Crippen molar-refractivity contribution in [3.8, 4) is 0 Å². The summed E-state index contributed by atoms with van der Waals surface area (Å²) in [6.45, 7) is 5.56. The number of carbonyl (C=O) groups excluding carboxylic acids is 2. The third-order valence-corrected chi connectivity index (χ3v) is 4.55. The molecule has 1 atom stereocenters. The molecule has 3 aromatic rings. The zero-order valence-corrected chi connectivity index (χ0v) is 19.1. The Labute approximate surface area is 195 Å². The third-order valence-electron chi connectivity index (χ3n) is 4.55. The number of amides is 1. The predicted molar refractivity (Wildman–Crippen MR) is 126 cm³/mol. The number of ketones is 1. The first-order chi connectivity index (χ1) is 16.2. The fourth-order valence-electron chi connectivity index (χ4n) is 2.87. The highest BCUT2D eigenvalue weighted by Crippen LogP contribution is 2.12. The molecule has 0 bridgehead atoms. The van der Waals surface area contributed by atoms with Crippen LogP contribution < -0.4 is 21.9 Å². The van der Waals surface area contributed by atoms with Crippen molar-refractivity contribution < 1.29 is 19.5 Å². The molecule has 0 aliphatic rings. The van der Waals surface area contributed by atoms with Crippen molar-refractivity contribution >= 4 is 40.5 Å². The largest absolute Gasteiger partial charge is 0.481 e. The molecule has 0 radical (unpaired) electrons. The Morgan fingerprint density at radius 3 is 2.44 bits per heavy atom. The number of nitrogens with one attached hydrogen (secondary N) is 3. The van der Waals surface area contributed by atoms with Gasteiger partial charge >= 0.3 is 5.97 Å². The van der Waals surface area contributed by atoms with Gasteiger partial charge in [-0.1, -0.05) is 13.8 Å². The molecule has 0 aliphatic heterocycles. The maximum Gasteiger partial charge on any atom is 0.303 e. The summed E-state index contributed by atoms with van der Waals surface area (Å²) in [5.41, 5.74) is 6.73. The van der Waals surface area contributed by atoms with E-state index in [0.29, 0.717) is 16.9 Å². The van der Waals surface area contributed by atoms with Gasteiger partial charge in [0.2, 0.25) is 5.95 Å². The lowest BCUT2D eigenvalue weighted by Gasteiger charge is -2.15. The summed E-state index contributed by atoms with van der Waals surface area (Å²) in [4.78, 5) is 61.3. The molecule has 0 spiro atoms. The van der Waals surface area contributed by atoms with E-state index in [9.17, 15) is 19.2 Å². The number of H-pyrrole nitrogens is 1. The summed E-state index contributed by atoms with van der Waals surface area (Å²) in [6.07, 6.45) is 1.27. The summed E-state index contributed by atoms with van der Waals surface area (Å²) >= 11 is 0. The highest BCUT2D eigenvalue weighted by molar-refractivity contribution is 5.97. The maximum atomic E-state index is 12.4. The standard InChI is InChI=1S/C20H21N7O5.C2H6/c1-10(28)14(6-7-15(29)30)25-18(31)11-2-4-12(5-3-11)22-8-13-9-23-17-16(24-13)19(32)27-20(21)26-17;1-2/h2-5,9,14,22H,6-8H2,1H3,(H,25,31)(H,29,30)(H3,21,23,26,27,32);1-2H3. The minimum atomic E-state index is -1.04. The lowest BCUT2D eigenvalue weighted by atomic mass is 10.1. The molecule has 0 saturated carbocycles. The van der Waals surface area contributed by atoms with Crippen LogP contribution in [0.25, 0.3) is 11.2 Å². The van der Waals surface area contributed by atoms with Gasteiger partial charge in [0.25, 0.3) is 11.5 Å². The van der Waals surface area contributed by atoms with Gasteiger partial charge in [-0.25, -0.2) is 9.97 Å². The average molecular weight is 470 g/mol. The Morgan fingerprint density at radius 2 is 1.82 bits per heavy atom. The van der Waals surface area contributed by atoms with E-state index >= 15 is 0 Å². The highest BCUT2D eigenvalue weighted by atomic mass is 16.4. The molecule has 3 rings (SSSR count). The van der Waals surface area contributed by atoms with Crippen LogP contribution in [0.5, 0.6) is 0 Å². The molecule has 12 nitrogen and oxygen atoms in total. The van der Waals surface area contributed by atoms with E-state index in [1.165, 1.54) is 13.1 Å². The zero-order chi connectivity index (χ0) is 25.3. The second-order valence-electron chi connectivity index (χ2n) is 6.98. The molecule has 0 aliphatic carbocycles. The Kier molecular flexibility index (Phi) is 9.18. The zero-order valence-electron chi connectivity index (χ0n) is 19.1. The predicted octanol–water partition coefficient (Wildman–Crippen LogP) is 1.49. The van der Waals surface area contributed by atoms with Crippen LogP contribution in [0.1, 0.15) is 49.7 Å². The van der Waals surface area contributed by atoms with Crippen molar-refractivity contribution in [1.29, 1.82) is 0 Å². The van der Waals surface area contributed by atoms with Crippen molar-refractivity contribution in [2.24, 2.45) is 0 Å². The number of rotatable bonds is 9. The quantitative estimate of drug-likeness (QED) is 0.306. The lowest BCUT2D eigenvalue weighted by Crippen LogP contribution is -2.40. The number of fused-ring (bicyclic) bond motifs is 1. The number of carbonyl (C=O) groups is 3. The van der Waals surface area contributed by atoms with Crippen LogP contribution in [0.4, 0.5) is 11.6 Å². The number of anilines is 2. The fraction of sp³-hybridized carbons (Fsp3) is 0.318. The van der Waals surface area contributed by atoms with E-state index < -0.39 is 23.5 Å². The van der Waals surface area contributed by atoms with E-state index in [2.05, 4.69) is 30.6 Å². The summed E-state index contributed by atoms with van der Waals surface area (Å²) in [6, 6.07) is 5.60. The van der Waals surface area contributed by atoms with Gasteiger partial charge in [-0.15, -0.1) is 0 Å². The van der Waals surface area contributed by atoms with Gasteiger partial charge in [-0.2, -0.15) is 4.98 Å². The van der Waals surface area contributed by atoms with Crippen molar-refractivity contribution in [3.05, 3.63) is 52.1 Å². The van der Waals surface area contributed by atoms with E-state index in [0.717, 1.165) is 0 Å². The number of aromatic nitrogens is 4. The Balaban J connectivity index is 0.00000199. The van der Waals surface area contributed by atoms with E-state index in [1.807, 2.05) is 13.8 Å². The number of Topliss-reactive ketones (excluding diaryl/α,β-unsaturated/α-hetero) is 1. The van der Waals surface area contributed by atoms with Gasteiger partial charge in [-0.05, 0) is 37.6 Å². The van der Waals surface area contributed by atoms with Crippen molar-refractivity contribution in [3.63, 3.8) is 0 Å². The van der Waals surface area contributed by atoms with E-state index in [-0.39, 0.29) is 42.3 Å². The van der Waals surface area contributed by atoms with E-state index in [1.54, 1.807) is 24.3 Å². The molecule has 2 heterocycles. The van der Waals surface area contributed by atoms with Gasteiger partial charge in [-0.3, -0.25) is 24.2 Å². The lowest BCUT2D eigenvalue weighted by molar-refractivity contribution is -0.137. The van der Waals surface area contributed by atoms with Crippen molar-refractivity contribution in [2.45, 2.75) is 46.2 Å². The number of benzene rings is 1. The SMILES string of the molecule is CC.CC(=O)C(CCC(=O)O)NC(=O)c1ccc(NCc2cnc3nc(N)[nH]c(=O)c3n2)cc1. The number of nitrogens with zero attached hydrogens (tertiary/aromatic N) is 3. The van der Waals surface area contributed by atoms with E-state index in [4.69, 9.17) is 10.8 Å². The number of carboxylic acid groups (broad SMARTS) is 1. The molecule has 1 amide bonds. The van der Waals surface area contributed by atoms with Gasteiger partial charge < -0.3 is 21.5 Å². The molecular formula is C22H27N7O5. The summed E-state index contributed by atoms with van der Waals surface area (Å²) in [5, 5.41) is 14.4. The van der Waals surface area contributed by atoms with Crippen LogP contribution in [-0.2, 0) is 16.1 Å². The number of carboxylic acids is 1. The van der Waals surface area contributed by atoms with Gasteiger partial charge in [0.15, 0.2) is 16.9 Å². The average Bonchev–Trinajstić information content (AvgIpc) is 2.81. The molecular weight excluding hydrogens is 442 g/mol.